The summed E-state index contributed by atoms with van der Waals surface area (Å²) in [6, 6.07) is 12.9. The van der Waals surface area contributed by atoms with Gasteiger partial charge in [-0.15, -0.1) is 0 Å². The minimum Gasteiger partial charge on any atom is -0.365 e. The minimum absolute atomic E-state index is 0.0361. The molecule has 0 fully saturated rings. The molecule has 272 valence electrons. The molecule has 6 heterocycles. The summed E-state index contributed by atoms with van der Waals surface area (Å²) < 4.78 is 78.6. The van der Waals surface area contributed by atoms with Crippen molar-refractivity contribution < 1.29 is 26.3 Å². The molecule has 0 aromatic carbocycles. The molecule has 0 spiro atoms. The van der Waals surface area contributed by atoms with Crippen LogP contribution in [0.1, 0.15) is 50.2 Å². The molecule has 0 atom stereocenters. The van der Waals surface area contributed by atoms with E-state index in [4.69, 9.17) is 0 Å². The average Bonchev–Trinajstić information content (AvgIpc) is 3.09. The van der Waals surface area contributed by atoms with Gasteiger partial charge in [0, 0.05) is 61.1 Å². The van der Waals surface area contributed by atoms with Gasteiger partial charge in [0.25, 0.3) is 0 Å². The van der Waals surface area contributed by atoms with E-state index in [2.05, 4.69) is 61.1 Å². The van der Waals surface area contributed by atoms with Gasteiger partial charge >= 0.3 is 12.4 Å². The molecule has 0 saturated carbocycles. The third-order valence-corrected chi connectivity index (χ3v) is 6.99. The number of fused-ring (bicyclic) bond motifs is 2. The van der Waals surface area contributed by atoms with Crippen molar-refractivity contribution in [3.8, 4) is 0 Å². The average molecular weight is 725 g/mol. The van der Waals surface area contributed by atoms with Crippen molar-refractivity contribution in [2.45, 2.75) is 65.2 Å². The van der Waals surface area contributed by atoms with Gasteiger partial charge in [0.2, 0.25) is 11.9 Å². The highest BCUT2D eigenvalue weighted by molar-refractivity contribution is 5.88. The zero-order valence-corrected chi connectivity index (χ0v) is 28.3. The summed E-state index contributed by atoms with van der Waals surface area (Å²) in [5.41, 5.74) is -0.845. The van der Waals surface area contributed by atoms with E-state index in [0.29, 0.717) is 45.6 Å². The van der Waals surface area contributed by atoms with Crippen LogP contribution in [0.15, 0.2) is 73.3 Å². The molecule has 0 unspecified atom stereocenters. The molecular formula is C34H34F6N12. The summed E-state index contributed by atoms with van der Waals surface area (Å²) >= 11 is 0. The highest BCUT2D eigenvalue weighted by atomic mass is 19.4. The number of rotatable bonds is 10. The summed E-state index contributed by atoms with van der Waals surface area (Å²) in [4.78, 5) is 32.7. The van der Waals surface area contributed by atoms with Gasteiger partial charge in [0.1, 0.15) is 23.0 Å². The summed E-state index contributed by atoms with van der Waals surface area (Å²) in [6.45, 7) is 7.58. The van der Waals surface area contributed by atoms with Crippen molar-refractivity contribution in [3.05, 3.63) is 95.8 Å². The van der Waals surface area contributed by atoms with E-state index >= 15 is 0 Å². The van der Waals surface area contributed by atoms with Crippen LogP contribution in [-0.2, 0) is 25.4 Å². The summed E-state index contributed by atoms with van der Waals surface area (Å²) in [5.74, 6) is 1.53. The van der Waals surface area contributed by atoms with Gasteiger partial charge in [-0.05, 0) is 64.1 Å². The predicted octanol–water partition coefficient (Wildman–Crippen LogP) is 7.74. The van der Waals surface area contributed by atoms with Crippen LogP contribution < -0.4 is 21.3 Å². The molecule has 4 N–H and O–H groups in total. The Morgan fingerprint density at radius 2 is 0.885 bits per heavy atom. The molecule has 0 aliphatic rings. The lowest BCUT2D eigenvalue weighted by Crippen LogP contribution is -2.16. The standard InChI is InChI=1S/2C17H17F3N6/c2*1-10(2)24-16-25-14-12(6-4-8-22-14)15(26-16)23-9-11-5-3-7-21-13(11)17(18,19)20/h2*3-8,10H,9H2,1-2H3,(H2,22,23,24,25,26). The smallest absolute Gasteiger partial charge is 0.365 e. The van der Waals surface area contributed by atoms with Crippen molar-refractivity contribution in [2.24, 2.45) is 0 Å². The quantitative estimate of drug-likeness (QED) is 0.102. The lowest BCUT2D eigenvalue weighted by Gasteiger charge is -2.15. The summed E-state index contributed by atoms with van der Waals surface area (Å²) in [7, 11) is 0. The first-order chi connectivity index (χ1) is 24.7. The maximum Gasteiger partial charge on any atom is 0.433 e. The maximum absolute atomic E-state index is 13.1. The highest BCUT2D eigenvalue weighted by Gasteiger charge is 2.35. The van der Waals surface area contributed by atoms with E-state index in [-0.39, 0.29) is 36.3 Å². The highest BCUT2D eigenvalue weighted by Crippen LogP contribution is 2.32. The molecule has 0 amide bonds. The zero-order chi connectivity index (χ0) is 37.5. The van der Waals surface area contributed by atoms with Crippen molar-refractivity contribution >= 4 is 45.6 Å². The Balaban J connectivity index is 0.000000201. The largest absolute Gasteiger partial charge is 0.433 e. The molecule has 18 heteroatoms. The third kappa shape index (κ3) is 9.64. The van der Waals surface area contributed by atoms with Crippen LogP contribution in [0.3, 0.4) is 0 Å². The Labute approximate surface area is 294 Å². The van der Waals surface area contributed by atoms with E-state index < -0.39 is 23.7 Å². The number of hydrogen-bond donors (Lipinski definition) is 4. The van der Waals surface area contributed by atoms with Gasteiger partial charge in [-0.2, -0.15) is 46.3 Å². The van der Waals surface area contributed by atoms with Crippen LogP contribution in [0.25, 0.3) is 22.1 Å². The van der Waals surface area contributed by atoms with Crippen LogP contribution in [0.2, 0.25) is 0 Å². The predicted molar refractivity (Wildman–Crippen MR) is 185 cm³/mol. The zero-order valence-electron chi connectivity index (χ0n) is 28.3. The second-order valence-corrected chi connectivity index (χ2v) is 11.9. The maximum atomic E-state index is 13.1. The number of pyridine rings is 4. The van der Waals surface area contributed by atoms with E-state index in [1.54, 1.807) is 36.7 Å². The normalized spacial score (nSPS) is 11.8. The number of alkyl halides is 6. The number of hydrogen-bond acceptors (Lipinski definition) is 12. The topological polar surface area (TPSA) is 151 Å². The lowest BCUT2D eigenvalue weighted by atomic mass is 10.2. The lowest BCUT2D eigenvalue weighted by molar-refractivity contribution is -0.142. The van der Waals surface area contributed by atoms with Gasteiger partial charge in [0.05, 0.1) is 10.8 Å². The Hall–Kier alpha value is -5.94. The van der Waals surface area contributed by atoms with Crippen LogP contribution in [0.5, 0.6) is 0 Å². The van der Waals surface area contributed by atoms with Gasteiger partial charge in [0.15, 0.2) is 11.3 Å². The molecule has 0 bridgehead atoms. The molecule has 52 heavy (non-hydrogen) atoms. The van der Waals surface area contributed by atoms with Crippen molar-refractivity contribution in [1.82, 2.24) is 39.9 Å². The van der Waals surface area contributed by atoms with E-state index in [9.17, 15) is 26.3 Å². The van der Waals surface area contributed by atoms with Crippen LogP contribution in [0.4, 0.5) is 49.9 Å². The minimum atomic E-state index is -4.52. The molecular weight excluding hydrogens is 690 g/mol. The molecule has 0 aliphatic heterocycles. The molecule has 0 radical (unpaired) electrons. The van der Waals surface area contributed by atoms with Gasteiger partial charge in [-0.25, -0.2) is 9.97 Å². The Bertz CT molecular complexity index is 1970. The van der Waals surface area contributed by atoms with Gasteiger partial charge < -0.3 is 21.3 Å². The van der Waals surface area contributed by atoms with Crippen LogP contribution in [-0.4, -0.2) is 52.0 Å². The van der Waals surface area contributed by atoms with Crippen molar-refractivity contribution in [2.75, 3.05) is 21.3 Å². The summed E-state index contributed by atoms with van der Waals surface area (Å²) in [6.07, 6.45) is -3.58. The number of aromatic nitrogens is 8. The van der Waals surface area contributed by atoms with Gasteiger partial charge in [-0.3, -0.25) is 9.97 Å². The van der Waals surface area contributed by atoms with Gasteiger partial charge in [-0.1, -0.05) is 12.1 Å². The monoisotopic (exact) mass is 724 g/mol. The first kappa shape index (κ1) is 37.3. The molecule has 6 aromatic heterocycles. The molecule has 0 saturated heterocycles. The van der Waals surface area contributed by atoms with Crippen LogP contribution in [0, 0.1) is 0 Å². The SMILES string of the molecule is CC(C)Nc1nc(NCc2cccnc2C(F)(F)F)c2cccnc2n1.CC(C)Nc1nc(NCc2cccnc2C(F)(F)F)c2cccnc2n1. The number of halogens is 6. The fourth-order valence-corrected chi connectivity index (χ4v) is 4.87. The van der Waals surface area contributed by atoms with E-state index in [1.165, 1.54) is 24.3 Å². The van der Waals surface area contributed by atoms with E-state index in [0.717, 1.165) is 12.4 Å². The molecule has 6 rings (SSSR count). The Morgan fingerprint density at radius 3 is 1.25 bits per heavy atom. The molecule has 0 aliphatic carbocycles. The Morgan fingerprint density at radius 1 is 0.519 bits per heavy atom. The first-order valence-corrected chi connectivity index (χ1v) is 16.0. The third-order valence-electron chi connectivity index (χ3n) is 6.99. The number of nitrogens with zero attached hydrogens (tertiary/aromatic N) is 8. The summed E-state index contributed by atoms with van der Waals surface area (Å²) in [5, 5.41) is 13.3. The molecule has 6 aromatic rings. The van der Waals surface area contributed by atoms with Crippen molar-refractivity contribution in [3.63, 3.8) is 0 Å². The second-order valence-electron chi connectivity index (χ2n) is 11.9. The Kier molecular flexibility index (Phi) is 11.4. The van der Waals surface area contributed by atoms with Crippen molar-refractivity contribution in [1.29, 1.82) is 0 Å². The second kappa shape index (κ2) is 15.9. The first-order valence-electron chi connectivity index (χ1n) is 16.0. The molecule has 12 nitrogen and oxygen atoms in total. The van der Waals surface area contributed by atoms with Crippen LogP contribution >= 0.6 is 0 Å². The number of anilines is 4. The number of nitrogens with one attached hydrogen (secondary N) is 4. The fraction of sp³-hybridized carbons (Fsp3) is 0.294. The van der Waals surface area contributed by atoms with E-state index in [1.807, 2.05) is 27.7 Å². The fourth-order valence-electron chi connectivity index (χ4n) is 4.87.